The van der Waals surface area contributed by atoms with Gasteiger partial charge < -0.3 is 9.64 Å². The first kappa shape index (κ1) is 22.7. The summed E-state index contributed by atoms with van der Waals surface area (Å²) < 4.78 is 33.8. The maximum Gasteiger partial charge on any atom is 0.410 e. The van der Waals surface area contributed by atoms with Crippen LogP contribution in [0.1, 0.15) is 43.5 Å². The lowest BCUT2D eigenvalue weighted by molar-refractivity contribution is -0.0456. The minimum Gasteiger partial charge on any atom is -0.444 e. The fraction of sp³-hybridized carbons (Fsp3) is 0.417. The molecule has 0 radical (unpaired) electrons. The zero-order valence-electron chi connectivity index (χ0n) is 18.0. The lowest BCUT2D eigenvalue weighted by Gasteiger charge is -2.45. The Morgan fingerprint density at radius 2 is 1.77 bits per heavy atom. The van der Waals surface area contributed by atoms with E-state index in [0.29, 0.717) is 5.56 Å². The highest BCUT2D eigenvalue weighted by Crippen LogP contribution is 2.34. The molecule has 1 aliphatic rings. The summed E-state index contributed by atoms with van der Waals surface area (Å²) in [5.41, 5.74) is 1.40. The Labute approximate surface area is 181 Å². The monoisotopic (exact) mass is 427 g/mol. The smallest absolute Gasteiger partial charge is 0.410 e. The minimum absolute atomic E-state index is 0.131. The van der Waals surface area contributed by atoms with Gasteiger partial charge in [-0.2, -0.15) is 5.26 Å². The van der Waals surface area contributed by atoms with Crippen molar-refractivity contribution >= 4 is 6.09 Å². The number of piperazine rings is 1. The molecule has 0 saturated carbocycles. The van der Waals surface area contributed by atoms with Crippen LogP contribution < -0.4 is 0 Å². The zero-order valence-corrected chi connectivity index (χ0v) is 18.0. The first-order valence-electron chi connectivity index (χ1n) is 10.3. The summed E-state index contributed by atoms with van der Waals surface area (Å²) in [5.74, 6) is 0. The second-order valence-corrected chi connectivity index (χ2v) is 8.62. The molecular weight excluding hydrogens is 400 g/mol. The number of amides is 1. The molecule has 1 aliphatic heterocycles. The quantitative estimate of drug-likeness (QED) is 0.701. The van der Waals surface area contributed by atoms with Gasteiger partial charge in [0.2, 0.25) is 0 Å². The molecule has 1 heterocycles. The van der Waals surface area contributed by atoms with Gasteiger partial charge in [-0.05, 0) is 44.0 Å². The molecule has 1 fully saturated rings. The maximum absolute atomic E-state index is 14.2. The summed E-state index contributed by atoms with van der Waals surface area (Å²) in [4.78, 5) is 15.6. The third-order valence-corrected chi connectivity index (χ3v) is 5.18. The first-order valence-corrected chi connectivity index (χ1v) is 10.3. The summed E-state index contributed by atoms with van der Waals surface area (Å²) >= 11 is 0. The lowest BCUT2D eigenvalue weighted by Crippen LogP contribution is -2.58. The third-order valence-electron chi connectivity index (χ3n) is 5.18. The number of hydrogen-bond donors (Lipinski definition) is 0. The van der Waals surface area contributed by atoms with Crippen LogP contribution in [-0.2, 0) is 4.74 Å². The van der Waals surface area contributed by atoms with E-state index in [1.807, 2.05) is 36.4 Å². The second-order valence-electron chi connectivity index (χ2n) is 8.62. The van der Waals surface area contributed by atoms with E-state index >= 15 is 0 Å². The Hall–Kier alpha value is -2.98. The Balaban J connectivity index is 1.95. The van der Waals surface area contributed by atoms with Crippen LogP contribution in [0.15, 0.2) is 54.6 Å². The topological polar surface area (TPSA) is 56.6 Å². The van der Waals surface area contributed by atoms with Gasteiger partial charge in [0.1, 0.15) is 5.60 Å². The third kappa shape index (κ3) is 5.59. The van der Waals surface area contributed by atoms with Gasteiger partial charge in [-0.15, -0.1) is 0 Å². The van der Waals surface area contributed by atoms with Gasteiger partial charge in [0.25, 0.3) is 6.43 Å². The van der Waals surface area contributed by atoms with Crippen LogP contribution in [0.3, 0.4) is 0 Å². The standard InChI is InChI=1S/C24H27F2N3O2/c1-24(2,3)31-23(30)28-12-13-29(20(16-28)22(25)26)21(18-9-5-4-6-10-18)19-11-7-8-17(14-19)15-27/h4-11,14,20-22H,12-13,16H2,1-3H3/t20-,21?/m0/s1. The SMILES string of the molecule is CC(C)(C)OC(=O)N1CCN(C(c2ccccc2)c2cccc(C#N)c2)[C@H](C(F)F)C1. The number of carbonyl (C=O) groups excluding carboxylic acids is 1. The minimum atomic E-state index is -2.66. The first-order chi connectivity index (χ1) is 14.7. The van der Waals surface area contributed by atoms with Crippen molar-refractivity contribution in [3.05, 3.63) is 71.3 Å². The molecule has 7 heteroatoms. The normalized spacial score (nSPS) is 18.5. The summed E-state index contributed by atoms with van der Waals surface area (Å²) in [6.07, 6.45) is -3.24. The molecule has 0 N–H and O–H groups in total. The van der Waals surface area contributed by atoms with E-state index < -0.39 is 30.2 Å². The molecule has 2 aromatic rings. The number of alkyl halides is 2. The van der Waals surface area contributed by atoms with Crippen molar-refractivity contribution in [2.24, 2.45) is 0 Å². The van der Waals surface area contributed by atoms with Crippen molar-refractivity contribution in [2.75, 3.05) is 19.6 Å². The van der Waals surface area contributed by atoms with Crippen LogP contribution in [0.4, 0.5) is 13.6 Å². The van der Waals surface area contributed by atoms with Crippen LogP contribution in [0.25, 0.3) is 0 Å². The average molecular weight is 427 g/mol. The predicted molar refractivity (Wildman–Crippen MR) is 114 cm³/mol. The zero-order chi connectivity index (χ0) is 22.6. The van der Waals surface area contributed by atoms with Crippen LogP contribution in [0.5, 0.6) is 0 Å². The van der Waals surface area contributed by atoms with Crippen LogP contribution in [0, 0.1) is 11.3 Å². The maximum atomic E-state index is 14.2. The van der Waals surface area contributed by atoms with Gasteiger partial charge in [-0.1, -0.05) is 42.5 Å². The van der Waals surface area contributed by atoms with Crippen LogP contribution >= 0.6 is 0 Å². The fourth-order valence-corrected chi connectivity index (χ4v) is 3.85. The number of benzene rings is 2. The molecule has 3 rings (SSSR count). The number of nitriles is 1. The number of carbonyl (C=O) groups is 1. The Morgan fingerprint density at radius 3 is 2.39 bits per heavy atom. The molecule has 0 aliphatic carbocycles. The van der Waals surface area contributed by atoms with Gasteiger partial charge >= 0.3 is 6.09 Å². The van der Waals surface area contributed by atoms with E-state index in [4.69, 9.17) is 4.74 Å². The molecule has 1 amide bonds. The molecule has 2 atom stereocenters. The van der Waals surface area contributed by atoms with E-state index in [2.05, 4.69) is 6.07 Å². The molecule has 1 saturated heterocycles. The molecule has 1 unspecified atom stereocenters. The number of hydrogen-bond acceptors (Lipinski definition) is 4. The van der Waals surface area contributed by atoms with Crippen molar-refractivity contribution < 1.29 is 18.3 Å². The summed E-state index contributed by atoms with van der Waals surface area (Å²) in [5, 5.41) is 9.31. The average Bonchev–Trinajstić information content (AvgIpc) is 2.73. The molecular formula is C24H27F2N3O2. The molecule has 0 aromatic heterocycles. The molecule has 2 aromatic carbocycles. The number of halogens is 2. The largest absolute Gasteiger partial charge is 0.444 e. The predicted octanol–water partition coefficient (Wildman–Crippen LogP) is 4.83. The number of nitrogens with zero attached hydrogens (tertiary/aromatic N) is 3. The Morgan fingerprint density at radius 1 is 1.10 bits per heavy atom. The number of rotatable bonds is 4. The van der Waals surface area contributed by atoms with E-state index in [1.54, 1.807) is 43.9 Å². The van der Waals surface area contributed by atoms with Crippen molar-refractivity contribution in [3.63, 3.8) is 0 Å². The molecule has 0 spiro atoms. The van der Waals surface area contributed by atoms with E-state index in [9.17, 15) is 18.8 Å². The summed E-state index contributed by atoms with van der Waals surface area (Å²) in [7, 11) is 0. The molecule has 5 nitrogen and oxygen atoms in total. The van der Waals surface area contributed by atoms with Crippen molar-refractivity contribution in [1.29, 1.82) is 5.26 Å². The highest BCUT2D eigenvalue weighted by molar-refractivity contribution is 5.68. The second kappa shape index (κ2) is 9.44. The fourth-order valence-electron chi connectivity index (χ4n) is 3.85. The van der Waals surface area contributed by atoms with Gasteiger partial charge in [0.15, 0.2) is 0 Å². The highest BCUT2D eigenvalue weighted by atomic mass is 19.3. The van der Waals surface area contributed by atoms with Crippen molar-refractivity contribution in [1.82, 2.24) is 9.80 Å². The van der Waals surface area contributed by atoms with E-state index in [0.717, 1.165) is 11.1 Å². The van der Waals surface area contributed by atoms with Crippen molar-refractivity contribution in [3.8, 4) is 6.07 Å². The number of ether oxygens (including phenoxy) is 1. The Kier molecular flexibility index (Phi) is 6.91. The summed E-state index contributed by atoms with van der Waals surface area (Å²) in [6, 6.07) is 16.9. The van der Waals surface area contributed by atoms with E-state index in [-0.39, 0.29) is 19.6 Å². The van der Waals surface area contributed by atoms with E-state index in [1.165, 1.54) is 4.90 Å². The van der Waals surface area contributed by atoms with Gasteiger partial charge in [-0.25, -0.2) is 13.6 Å². The van der Waals surface area contributed by atoms with Crippen molar-refractivity contribution in [2.45, 2.75) is 44.9 Å². The van der Waals surface area contributed by atoms with Gasteiger partial charge in [0, 0.05) is 19.6 Å². The molecule has 164 valence electrons. The molecule has 0 bridgehead atoms. The van der Waals surface area contributed by atoms with Crippen LogP contribution in [0.2, 0.25) is 0 Å². The van der Waals surface area contributed by atoms with Crippen LogP contribution in [-0.4, -0.2) is 53.6 Å². The van der Waals surface area contributed by atoms with Gasteiger partial charge in [0.05, 0.1) is 23.7 Å². The summed E-state index contributed by atoms with van der Waals surface area (Å²) in [6.45, 7) is 5.65. The Bertz CT molecular complexity index is 938. The highest BCUT2D eigenvalue weighted by Gasteiger charge is 2.40. The molecule has 31 heavy (non-hydrogen) atoms. The van der Waals surface area contributed by atoms with Gasteiger partial charge in [-0.3, -0.25) is 4.90 Å². The lowest BCUT2D eigenvalue weighted by atomic mass is 9.93.